The third kappa shape index (κ3) is 4.41. The highest BCUT2D eigenvalue weighted by Gasteiger charge is 2.23. The molecule has 1 heterocycles. The summed E-state index contributed by atoms with van der Waals surface area (Å²) in [4.78, 5) is 17.2. The van der Waals surface area contributed by atoms with E-state index in [1.165, 1.54) is 12.1 Å². The Morgan fingerprint density at radius 1 is 0.903 bits per heavy atom. The normalized spacial score (nSPS) is 14.0. The van der Waals surface area contributed by atoms with Crippen molar-refractivity contribution in [2.75, 3.05) is 29.8 Å². The zero-order valence-electron chi connectivity index (χ0n) is 17.6. The second-order valence-corrected chi connectivity index (χ2v) is 9.40. The van der Waals surface area contributed by atoms with E-state index in [2.05, 4.69) is 15.7 Å². The maximum atomic E-state index is 13.1. The Morgan fingerprint density at radius 3 is 2.32 bits per heavy atom. The fraction of sp³-hybridized carbons (Fsp3) is 0.208. The zero-order chi connectivity index (χ0) is 22.0. The molecular formula is C24H25N3O3S. The molecule has 3 aromatic carbocycles. The summed E-state index contributed by atoms with van der Waals surface area (Å²) in [6.45, 7) is 3.69. The van der Waals surface area contributed by atoms with Crippen molar-refractivity contribution < 1.29 is 13.2 Å². The molecule has 160 valence electrons. The van der Waals surface area contributed by atoms with Crippen LogP contribution in [0.2, 0.25) is 0 Å². The lowest BCUT2D eigenvalue weighted by Gasteiger charge is -2.21. The zero-order valence-corrected chi connectivity index (χ0v) is 18.4. The first-order chi connectivity index (χ1) is 14.8. The summed E-state index contributed by atoms with van der Waals surface area (Å²) in [6, 6.07) is 21.4. The van der Waals surface area contributed by atoms with Gasteiger partial charge in [-0.25, -0.2) is 8.42 Å². The third-order valence-corrected chi connectivity index (χ3v) is 6.94. The minimum absolute atomic E-state index is 0.110. The van der Waals surface area contributed by atoms with Gasteiger partial charge in [0.15, 0.2) is 0 Å². The van der Waals surface area contributed by atoms with E-state index in [1.54, 1.807) is 29.2 Å². The lowest BCUT2D eigenvalue weighted by Crippen LogP contribution is -2.34. The number of carbonyl (C=O) groups is 1. The van der Waals surface area contributed by atoms with Crippen LogP contribution >= 0.6 is 0 Å². The Hall–Kier alpha value is -3.32. The van der Waals surface area contributed by atoms with Crippen molar-refractivity contribution in [1.29, 1.82) is 0 Å². The number of sulfonamides is 1. The first-order valence-corrected chi connectivity index (χ1v) is 11.6. The Labute approximate surface area is 183 Å². The maximum Gasteiger partial charge on any atom is 0.261 e. The summed E-state index contributed by atoms with van der Waals surface area (Å²) < 4.78 is 28.1. The van der Waals surface area contributed by atoms with Gasteiger partial charge in [-0.05, 0) is 54.4 Å². The number of nitrogens with zero attached hydrogens (tertiary/aromatic N) is 2. The van der Waals surface area contributed by atoms with Crippen molar-refractivity contribution in [3.63, 3.8) is 0 Å². The molecule has 0 aromatic heterocycles. The standard InChI is InChI=1S/C24H25N3O3S/c1-18-7-3-5-9-22(18)25-31(29,30)21-13-11-19(12-14-21)24(28)27-16-15-26(2)23-10-6-4-8-20(23)17-27/h3-14,25H,15-17H2,1-2H3. The number of aryl methyl sites for hydroxylation is 1. The molecule has 1 N–H and O–H groups in total. The Morgan fingerprint density at radius 2 is 1.58 bits per heavy atom. The molecular weight excluding hydrogens is 410 g/mol. The monoisotopic (exact) mass is 435 g/mol. The molecule has 0 radical (unpaired) electrons. The van der Waals surface area contributed by atoms with E-state index < -0.39 is 10.0 Å². The summed E-state index contributed by atoms with van der Waals surface area (Å²) in [5.41, 5.74) is 4.06. The van der Waals surface area contributed by atoms with Gasteiger partial charge in [0.1, 0.15) is 0 Å². The first kappa shape index (κ1) is 20.9. The third-order valence-electron chi connectivity index (χ3n) is 5.56. The van der Waals surface area contributed by atoms with Gasteiger partial charge >= 0.3 is 0 Å². The molecule has 1 aliphatic heterocycles. The summed E-state index contributed by atoms with van der Waals surface area (Å²) >= 11 is 0. The number of hydrogen-bond donors (Lipinski definition) is 1. The molecule has 4 rings (SSSR count). The molecule has 0 spiro atoms. The van der Waals surface area contributed by atoms with Crippen molar-refractivity contribution in [2.45, 2.75) is 18.4 Å². The van der Waals surface area contributed by atoms with Crippen molar-refractivity contribution >= 4 is 27.3 Å². The predicted octanol–water partition coefficient (Wildman–Crippen LogP) is 3.89. The largest absolute Gasteiger partial charge is 0.373 e. The minimum atomic E-state index is -3.74. The topological polar surface area (TPSA) is 69.7 Å². The number of carbonyl (C=O) groups excluding carboxylic acids is 1. The van der Waals surface area contributed by atoms with Crippen LogP contribution in [-0.2, 0) is 16.6 Å². The van der Waals surface area contributed by atoms with Crippen LogP contribution in [0.5, 0.6) is 0 Å². The van der Waals surface area contributed by atoms with E-state index in [0.717, 1.165) is 23.4 Å². The van der Waals surface area contributed by atoms with Crippen molar-refractivity contribution in [3.8, 4) is 0 Å². The van der Waals surface area contributed by atoms with Crippen LogP contribution in [0.1, 0.15) is 21.5 Å². The fourth-order valence-electron chi connectivity index (χ4n) is 3.72. The molecule has 0 fully saturated rings. The van der Waals surface area contributed by atoms with Crippen LogP contribution in [0.25, 0.3) is 0 Å². The Balaban J connectivity index is 1.53. The highest BCUT2D eigenvalue weighted by Crippen LogP contribution is 2.25. The van der Waals surface area contributed by atoms with Crippen LogP contribution in [0.15, 0.2) is 77.7 Å². The molecule has 0 unspecified atom stereocenters. The van der Waals surface area contributed by atoms with Gasteiger partial charge in [0.2, 0.25) is 0 Å². The van der Waals surface area contributed by atoms with Crippen molar-refractivity contribution in [3.05, 3.63) is 89.5 Å². The van der Waals surface area contributed by atoms with E-state index in [9.17, 15) is 13.2 Å². The summed E-state index contributed by atoms with van der Waals surface area (Å²) in [6.07, 6.45) is 0. The lowest BCUT2D eigenvalue weighted by molar-refractivity contribution is 0.0751. The van der Waals surface area contributed by atoms with Gasteiger partial charge < -0.3 is 9.80 Å². The number of likely N-dealkylation sites (N-methyl/N-ethyl adjacent to an activating group) is 1. The highest BCUT2D eigenvalue weighted by molar-refractivity contribution is 7.92. The van der Waals surface area contributed by atoms with E-state index in [0.29, 0.717) is 24.3 Å². The van der Waals surface area contributed by atoms with Crippen LogP contribution < -0.4 is 9.62 Å². The van der Waals surface area contributed by atoms with Gasteiger partial charge in [-0.1, -0.05) is 36.4 Å². The predicted molar refractivity (Wildman–Crippen MR) is 123 cm³/mol. The lowest BCUT2D eigenvalue weighted by atomic mass is 10.1. The second kappa shape index (κ2) is 8.43. The number of fused-ring (bicyclic) bond motifs is 1. The smallest absolute Gasteiger partial charge is 0.261 e. The molecule has 7 heteroatoms. The molecule has 0 saturated carbocycles. The van der Waals surface area contributed by atoms with Gasteiger partial charge in [0, 0.05) is 37.9 Å². The van der Waals surface area contributed by atoms with Crippen molar-refractivity contribution in [2.24, 2.45) is 0 Å². The summed E-state index contributed by atoms with van der Waals surface area (Å²) in [7, 11) is -1.72. The van der Waals surface area contributed by atoms with E-state index in [1.807, 2.05) is 44.3 Å². The molecule has 31 heavy (non-hydrogen) atoms. The highest BCUT2D eigenvalue weighted by atomic mass is 32.2. The number of benzene rings is 3. The van der Waals surface area contributed by atoms with Gasteiger partial charge in [0.05, 0.1) is 10.6 Å². The summed E-state index contributed by atoms with van der Waals surface area (Å²) in [5, 5.41) is 0. The quantitative estimate of drug-likeness (QED) is 0.675. The maximum absolute atomic E-state index is 13.1. The average Bonchev–Trinajstić information content (AvgIpc) is 2.94. The Bertz CT molecular complexity index is 1210. The van der Waals surface area contributed by atoms with Crippen molar-refractivity contribution in [1.82, 2.24) is 4.90 Å². The van der Waals surface area contributed by atoms with Crippen LogP contribution in [-0.4, -0.2) is 39.4 Å². The molecule has 0 bridgehead atoms. The second-order valence-electron chi connectivity index (χ2n) is 7.72. The van der Waals surface area contributed by atoms with E-state index in [4.69, 9.17) is 0 Å². The van der Waals surface area contributed by atoms with Gasteiger partial charge in [0.25, 0.3) is 15.9 Å². The molecule has 1 amide bonds. The SMILES string of the molecule is Cc1ccccc1NS(=O)(=O)c1ccc(C(=O)N2CCN(C)c3ccccc3C2)cc1. The van der Waals surface area contributed by atoms with Crippen LogP contribution in [0.3, 0.4) is 0 Å². The molecule has 1 aliphatic rings. The summed E-state index contributed by atoms with van der Waals surface area (Å²) in [5.74, 6) is -0.110. The molecule has 6 nitrogen and oxygen atoms in total. The average molecular weight is 436 g/mol. The fourth-order valence-corrected chi connectivity index (χ4v) is 4.85. The molecule has 3 aromatic rings. The van der Waals surface area contributed by atoms with Gasteiger partial charge in [-0.15, -0.1) is 0 Å². The number of anilines is 2. The number of rotatable bonds is 4. The molecule has 0 saturated heterocycles. The van der Waals surface area contributed by atoms with E-state index in [-0.39, 0.29) is 10.8 Å². The number of hydrogen-bond acceptors (Lipinski definition) is 4. The first-order valence-electron chi connectivity index (χ1n) is 10.1. The number of para-hydroxylation sites is 2. The molecule has 0 atom stereocenters. The van der Waals surface area contributed by atoms with Gasteiger partial charge in [-0.3, -0.25) is 9.52 Å². The minimum Gasteiger partial charge on any atom is -0.373 e. The van der Waals surface area contributed by atoms with Crippen LogP contribution in [0, 0.1) is 6.92 Å². The van der Waals surface area contributed by atoms with Crippen LogP contribution in [0.4, 0.5) is 11.4 Å². The number of nitrogens with one attached hydrogen (secondary N) is 1. The molecule has 0 aliphatic carbocycles. The van der Waals surface area contributed by atoms with E-state index >= 15 is 0 Å². The van der Waals surface area contributed by atoms with Gasteiger partial charge in [-0.2, -0.15) is 0 Å². The Kier molecular flexibility index (Phi) is 5.69. The number of amides is 1.